The molecular weight excluding hydrogens is 374 g/mol. The van der Waals surface area contributed by atoms with Crippen molar-refractivity contribution in [1.82, 2.24) is 14.9 Å². The van der Waals surface area contributed by atoms with E-state index in [0.29, 0.717) is 47.9 Å². The van der Waals surface area contributed by atoms with E-state index in [1.807, 2.05) is 13.0 Å². The van der Waals surface area contributed by atoms with Crippen LogP contribution in [-0.4, -0.2) is 68.5 Å². The van der Waals surface area contributed by atoms with Crippen LogP contribution in [0.5, 0.6) is 11.5 Å². The highest BCUT2D eigenvalue weighted by Gasteiger charge is 2.24. The van der Waals surface area contributed by atoms with Gasteiger partial charge in [0, 0.05) is 38.1 Å². The lowest BCUT2D eigenvalue weighted by Gasteiger charge is -2.33. The SMILES string of the molecule is CCOC(=O)N(C)CC1CCN(c2nc(N)c3cc(OC)c(OC)cc3n2)CC1. The lowest BCUT2D eigenvalue weighted by atomic mass is 9.96. The van der Waals surface area contributed by atoms with Crippen molar-refractivity contribution in [3.8, 4) is 11.5 Å². The number of benzene rings is 1. The van der Waals surface area contributed by atoms with Gasteiger partial charge in [-0.2, -0.15) is 4.98 Å². The number of hydrogen-bond donors (Lipinski definition) is 1. The molecule has 3 rings (SSSR count). The zero-order valence-electron chi connectivity index (χ0n) is 17.5. The van der Waals surface area contributed by atoms with Gasteiger partial charge in [0.25, 0.3) is 0 Å². The van der Waals surface area contributed by atoms with Crippen molar-refractivity contribution in [1.29, 1.82) is 0 Å². The molecule has 0 saturated carbocycles. The molecule has 1 aromatic carbocycles. The van der Waals surface area contributed by atoms with Gasteiger partial charge in [0.2, 0.25) is 5.95 Å². The fourth-order valence-corrected chi connectivity index (χ4v) is 3.62. The molecule has 0 atom stereocenters. The van der Waals surface area contributed by atoms with Crippen LogP contribution in [0.4, 0.5) is 16.6 Å². The van der Waals surface area contributed by atoms with E-state index in [0.717, 1.165) is 31.3 Å². The van der Waals surface area contributed by atoms with E-state index >= 15 is 0 Å². The lowest BCUT2D eigenvalue weighted by molar-refractivity contribution is 0.108. The van der Waals surface area contributed by atoms with Gasteiger partial charge in [-0.25, -0.2) is 9.78 Å². The van der Waals surface area contributed by atoms with Crippen molar-refractivity contribution in [2.45, 2.75) is 19.8 Å². The van der Waals surface area contributed by atoms with Crippen molar-refractivity contribution < 1.29 is 19.0 Å². The Morgan fingerprint density at radius 1 is 1.21 bits per heavy atom. The average molecular weight is 403 g/mol. The third-order valence-corrected chi connectivity index (χ3v) is 5.23. The summed E-state index contributed by atoms with van der Waals surface area (Å²) in [6, 6.07) is 3.61. The fraction of sp³-hybridized carbons (Fsp3) is 0.550. The van der Waals surface area contributed by atoms with Gasteiger partial charge in [-0.05, 0) is 31.7 Å². The van der Waals surface area contributed by atoms with Crippen LogP contribution in [0, 0.1) is 5.92 Å². The molecule has 2 N–H and O–H groups in total. The van der Waals surface area contributed by atoms with Crippen molar-refractivity contribution in [2.75, 3.05) is 58.1 Å². The van der Waals surface area contributed by atoms with Crippen molar-refractivity contribution in [2.24, 2.45) is 5.92 Å². The predicted molar refractivity (Wildman–Crippen MR) is 112 cm³/mol. The number of carbonyl (C=O) groups excluding carboxylic acids is 1. The van der Waals surface area contributed by atoms with E-state index in [4.69, 9.17) is 24.9 Å². The Bertz CT molecular complexity index is 868. The highest BCUT2D eigenvalue weighted by atomic mass is 16.6. The number of ether oxygens (including phenoxy) is 3. The molecule has 0 aliphatic carbocycles. The Morgan fingerprint density at radius 3 is 2.48 bits per heavy atom. The van der Waals surface area contributed by atoms with E-state index in [1.165, 1.54) is 0 Å². The molecule has 9 nitrogen and oxygen atoms in total. The molecule has 0 bridgehead atoms. The second kappa shape index (κ2) is 9.02. The second-order valence-electron chi connectivity index (χ2n) is 7.14. The van der Waals surface area contributed by atoms with Gasteiger partial charge in [0.15, 0.2) is 11.5 Å². The summed E-state index contributed by atoms with van der Waals surface area (Å²) in [5.74, 6) is 2.64. The number of amides is 1. The number of piperidine rings is 1. The summed E-state index contributed by atoms with van der Waals surface area (Å²) in [4.78, 5) is 24.8. The number of carbonyl (C=O) groups is 1. The number of anilines is 2. The minimum atomic E-state index is -0.273. The Labute approximate surface area is 170 Å². The Kier molecular flexibility index (Phi) is 6.46. The normalized spacial score (nSPS) is 14.7. The predicted octanol–water partition coefficient (Wildman–Crippen LogP) is 2.53. The molecule has 0 unspecified atom stereocenters. The van der Waals surface area contributed by atoms with Crippen LogP contribution in [0.2, 0.25) is 0 Å². The van der Waals surface area contributed by atoms with E-state index in [2.05, 4.69) is 9.88 Å². The molecule has 0 radical (unpaired) electrons. The Morgan fingerprint density at radius 2 is 1.86 bits per heavy atom. The van der Waals surface area contributed by atoms with Crippen LogP contribution in [0.15, 0.2) is 12.1 Å². The van der Waals surface area contributed by atoms with Gasteiger partial charge in [0.1, 0.15) is 5.82 Å². The van der Waals surface area contributed by atoms with Crippen molar-refractivity contribution in [3.05, 3.63) is 12.1 Å². The molecule has 2 heterocycles. The lowest BCUT2D eigenvalue weighted by Crippen LogP contribution is -2.40. The minimum Gasteiger partial charge on any atom is -0.493 e. The first-order valence-electron chi connectivity index (χ1n) is 9.78. The van der Waals surface area contributed by atoms with Gasteiger partial charge in [-0.1, -0.05) is 0 Å². The van der Waals surface area contributed by atoms with Gasteiger partial charge >= 0.3 is 6.09 Å². The topological polar surface area (TPSA) is 103 Å². The smallest absolute Gasteiger partial charge is 0.409 e. The van der Waals surface area contributed by atoms with Crippen LogP contribution in [0.1, 0.15) is 19.8 Å². The first-order chi connectivity index (χ1) is 14.0. The van der Waals surface area contributed by atoms with Crippen LogP contribution in [0.25, 0.3) is 10.9 Å². The Balaban J connectivity index is 1.71. The zero-order valence-corrected chi connectivity index (χ0v) is 17.5. The van der Waals surface area contributed by atoms with E-state index < -0.39 is 0 Å². The first-order valence-corrected chi connectivity index (χ1v) is 9.78. The second-order valence-corrected chi connectivity index (χ2v) is 7.14. The molecule has 0 spiro atoms. The maximum absolute atomic E-state index is 11.8. The molecule has 1 aliphatic rings. The van der Waals surface area contributed by atoms with Crippen LogP contribution in [0.3, 0.4) is 0 Å². The van der Waals surface area contributed by atoms with Gasteiger partial charge in [-0.15, -0.1) is 0 Å². The fourth-order valence-electron chi connectivity index (χ4n) is 3.62. The van der Waals surface area contributed by atoms with Gasteiger partial charge in [0.05, 0.1) is 26.3 Å². The third kappa shape index (κ3) is 4.55. The first kappa shape index (κ1) is 20.8. The van der Waals surface area contributed by atoms with E-state index in [9.17, 15) is 4.79 Å². The summed E-state index contributed by atoms with van der Waals surface area (Å²) in [5, 5.41) is 0.734. The molecule has 158 valence electrons. The number of aromatic nitrogens is 2. The summed E-state index contributed by atoms with van der Waals surface area (Å²) >= 11 is 0. The minimum absolute atomic E-state index is 0.273. The number of nitrogens with two attached hydrogens (primary N) is 1. The van der Waals surface area contributed by atoms with Gasteiger partial charge < -0.3 is 29.7 Å². The van der Waals surface area contributed by atoms with Crippen molar-refractivity contribution in [3.63, 3.8) is 0 Å². The quantitative estimate of drug-likeness (QED) is 0.785. The van der Waals surface area contributed by atoms with E-state index in [-0.39, 0.29) is 6.09 Å². The molecule has 1 aliphatic heterocycles. The maximum atomic E-state index is 11.8. The molecule has 1 aromatic heterocycles. The summed E-state index contributed by atoms with van der Waals surface area (Å²) in [7, 11) is 4.95. The Hall–Kier alpha value is -2.97. The third-order valence-electron chi connectivity index (χ3n) is 5.23. The summed E-state index contributed by atoms with van der Waals surface area (Å²) in [6.07, 6.45) is 1.61. The number of hydrogen-bond acceptors (Lipinski definition) is 8. The molecule has 1 amide bonds. The molecule has 29 heavy (non-hydrogen) atoms. The largest absolute Gasteiger partial charge is 0.493 e. The molecular formula is C20H29N5O4. The monoisotopic (exact) mass is 403 g/mol. The average Bonchev–Trinajstić information content (AvgIpc) is 2.73. The molecule has 9 heteroatoms. The van der Waals surface area contributed by atoms with Crippen LogP contribution in [-0.2, 0) is 4.74 Å². The van der Waals surface area contributed by atoms with Crippen LogP contribution >= 0.6 is 0 Å². The molecule has 1 saturated heterocycles. The zero-order chi connectivity index (χ0) is 21.0. The molecule has 1 fully saturated rings. The number of fused-ring (bicyclic) bond motifs is 1. The summed E-state index contributed by atoms with van der Waals surface area (Å²) < 4.78 is 15.8. The van der Waals surface area contributed by atoms with Gasteiger partial charge in [-0.3, -0.25) is 0 Å². The highest BCUT2D eigenvalue weighted by molar-refractivity contribution is 5.91. The molecule has 2 aromatic rings. The maximum Gasteiger partial charge on any atom is 0.409 e. The number of methoxy groups -OCH3 is 2. The standard InChI is InChI=1S/C20H29N5O4/c1-5-29-20(26)24(2)12-13-6-8-25(9-7-13)19-22-15-11-17(28-4)16(27-3)10-14(15)18(21)23-19/h10-11,13H,5-9,12H2,1-4H3,(H2,21,22,23). The van der Waals surface area contributed by atoms with Crippen molar-refractivity contribution >= 4 is 28.8 Å². The summed E-state index contributed by atoms with van der Waals surface area (Å²) in [5.41, 5.74) is 6.92. The van der Waals surface area contributed by atoms with E-state index in [1.54, 1.807) is 32.2 Å². The summed E-state index contributed by atoms with van der Waals surface area (Å²) in [6.45, 7) is 4.49. The highest BCUT2D eigenvalue weighted by Crippen LogP contribution is 2.34. The van der Waals surface area contributed by atoms with Crippen LogP contribution < -0.4 is 20.1 Å². The number of nitrogens with zero attached hydrogens (tertiary/aromatic N) is 4. The number of rotatable bonds is 6. The number of nitrogen functional groups attached to an aromatic ring is 1.